The van der Waals surface area contributed by atoms with Crippen LogP contribution >= 0.6 is 0 Å². The minimum atomic E-state index is -0.311. The Morgan fingerprint density at radius 2 is 2.25 bits per heavy atom. The quantitative estimate of drug-likeness (QED) is 0.749. The summed E-state index contributed by atoms with van der Waals surface area (Å²) in [4.78, 5) is 0. The van der Waals surface area contributed by atoms with E-state index in [9.17, 15) is 4.39 Å². The maximum atomic E-state index is 13.5. The lowest BCUT2D eigenvalue weighted by atomic mass is 10.2. The first-order valence-electron chi connectivity index (χ1n) is 5.34. The molecule has 1 rings (SSSR count). The Hall–Kier alpha value is -1.35. The molecule has 0 aromatic heterocycles. The van der Waals surface area contributed by atoms with Crippen molar-refractivity contribution in [1.82, 2.24) is 5.32 Å². The maximum absolute atomic E-state index is 13.5. The molecule has 0 spiro atoms. The van der Waals surface area contributed by atoms with Gasteiger partial charge in [0.25, 0.3) is 0 Å². The van der Waals surface area contributed by atoms with Crippen molar-refractivity contribution in [2.45, 2.75) is 19.9 Å². The highest BCUT2D eigenvalue weighted by Crippen LogP contribution is 2.22. The number of ether oxygens (including phenoxy) is 1. The summed E-state index contributed by atoms with van der Waals surface area (Å²) in [6, 6.07) is 4.96. The Kier molecular flexibility index (Phi) is 4.99. The predicted octanol–water partition coefficient (Wildman–Crippen LogP) is 2.89. The van der Waals surface area contributed by atoms with Crippen molar-refractivity contribution in [2.24, 2.45) is 0 Å². The van der Waals surface area contributed by atoms with Gasteiger partial charge in [-0.2, -0.15) is 0 Å². The number of rotatable bonds is 6. The molecular formula is C13H18FNO. The van der Waals surface area contributed by atoms with Crippen LogP contribution in [-0.4, -0.2) is 13.7 Å². The molecule has 3 heteroatoms. The molecule has 0 amide bonds. The minimum Gasteiger partial charge on any atom is -0.490 e. The molecule has 0 aliphatic carbocycles. The summed E-state index contributed by atoms with van der Waals surface area (Å²) in [5.41, 5.74) is 1.87. The molecule has 0 unspecified atom stereocenters. The molecule has 1 aromatic carbocycles. The van der Waals surface area contributed by atoms with Gasteiger partial charge < -0.3 is 10.1 Å². The summed E-state index contributed by atoms with van der Waals surface area (Å²) in [5, 5.41) is 2.99. The summed E-state index contributed by atoms with van der Waals surface area (Å²) in [5.74, 6) is 0.0348. The van der Waals surface area contributed by atoms with Gasteiger partial charge >= 0.3 is 0 Å². The third-order valence-electron chi connectivity index (χ3n) is 2.19. The summed E-state index contributed by atoms with van der Waals surface area (Å²) >= 11 is 0. The Morgan fingerprint density at radius 1 is 1.50 bits per heavy atom. The number of hydrogen-bond acceptors (Lipinski definition) is 2. The second-order valence-electron chi connectivity index (χ2n) is 3.81. The lowest BCUT2D eigenvalue weighted by Gasteiger charge is -2.12. The fraction of sp³-hybridized carbons (Fsp3) is 0.385. The highest BCUT2D eigenvalue weighted by Gasteiger charge is 2.08. The molecule has 0 heterocycles. The van der Waals surface area contributed by atoms with E-state index in [0.717, 1.165) is 17.6 Å². The summed E-state index contributed by atoms with van der Waals surface area (Å²) in [6.07, 6.45) is 0.743. The SMILES string of the molecule is C=C(C)CCOc1c(F)cccc1CNC. The highest BCUT2D eigenvalue weighted by molar-refractivity contribution is 5.34. The average Bonchev–Trinajstić information content (AvgIpc) is 2.22. The van der Waals surface area contributed by atoms with E-state index in [1.165, 1.54) is 6.07 Å². The third-order valence-corrected chi connectivity index (χ3v) is 2.19. The molecule has 0 bridgehead atoms. The maximum Gasteiger partial charge on any atom is 0.165 e. The molecule has 0 aliphatic rings. The lowest BCUT2D eigenvalue weighted by molar-refractivity contribution is 0.301. The van der Waals surface area contributed by atoms with Crippen LogP contribution < -0.4 is 10.1 Å². The Labute approximate surface area is 96.1 Å². The van der Waals surface area contributed by atoms with Crippen LogP contribution in [0.1, 0.15) is 18.9 Å². The molecule has 0 aliphatic heterocycles. The molecule has 88 valence electrons. The van der Waals surface area contributed by atoms with Gasteiger partial charge in [-0.15, -0.1) is 6.58 Å². The van der Waals surface area contributed by atoms with Crippen LogP contribution in [-0.2, 0) is 6.54 Å². The number of nitrogens with one attached hydrogen (secondary N) is 1. The van der Waals surface area contributed by atoms with Crippen LogP contribution in [0.2, 0.25) is 0 Å². The topological polar surface area (TPSA) is 21.3 Å². The van der Waals surface area contributed by atoms with Gasteiger partial charge in [-0.05, 0) is 20.0 Å². The van der Waals surface area contributed by atoms with Gasteiger partial charge in [-0.1, -0.05) is 17.7 Å². The van der Waals surface area contributed by atoms with E-state index >= 15 is 0 Å². The van der Waals surface area contributed by atoms with Crippen LogP contribution in [0.4, 0.5) is 4.39 Å². The van der Waals surface area contributed by atoms with E-state index in [1.807, 2.05) is 20.0 Å². The molecular weight excluding hydrogens is 205 g/mol. The molecule has 0 fully saturated rings. The second-order valence-corrected chi connectivity index (χ2v) is 3.81. The van der Waals surface area contributed by atoms with Crippen LogP contribution in [0.3, 0.4) is 0 Å². The van der Waals surface area contributed by atoms with Gasteiger partial charge in [0.2, 0.25) is 0 Å². The van der Waals surface area contributed by atoms with Gasteiger partial charge in [0.05, 0.1) is 6.61 Å². The molecule has 2 nitrogen and oxygen atoms in total. The van der Waals surface area contributed by atoms with Gasteiger partial charge in [0.15, 0.2) is 11.6 Å². The van der Waals surface area contributed by atoms with E-state index in [4.69, 9.17) is 4.74 Å². The zero-order valence-corrected chi connectivity index (χ0v) is 9.85. The number of halogens is 1. The van der Waals surface area contributed by atoms with Gasteiger partial charge in [-0.3, -0.25) is 0 Å². The largest absolute Gasteiger partial charge is 0.490 e. The second kappa shape index (κ2) is 6.28. The average molecular weight is 223 g/mol. The van der Waals surface area contributed by atoms with Crippen LogP contribution in [0.25, 0.3) is 0 Å². The number of para-hydroxylation sites is 1. The normalized spacial score (nSPS) is 10.2. The third kappa shape index (κ3) is 3.66. The minimum absolute atomic E-state index is 0.311. The van der Waals surface area contributed by atoms with E-state index in [0.29, 0.717) is 18.9 Å². The van der Waals surface area contributed by atoms with Gasteiger partial charge in [0.1, 0.15) is 0 Å². The molecule has 0 atom stereocenters. The van der Waals surface area contributed by atoms with Gasteiger partial charge in [-0.25, -0.2) is 4.39 Å². The monoisotopic (exact) mass is 223 g/mol. The van der Waals surface area contributed by atoms with Crippen LogP contribution in [0.5, 0.6) is 5.75 Å². The zero-order valence-electron chi connectivity index (χ0n) is 9.85. The molecule has 1 aromatic rings. The van der Waals surface area contributed by atoms with Crippen molar-refractivity contribution in [2.75, 3.05) is 13.7 Å². The number of hydrogen-bond donors (Lipinski definition) is 1. The Bertz CT molecular complexity index is 363. The van der Waals surface area contributed by atoms with E-state index in [-0.39, 0.29) is 5.82 Å². The first-order valence-corrected chi connectivity index (χ1v) is 5.34. The summed E-state index contributed by atoms with van der Waals surface area (Å²) in [6.45, 7) is 6.77. The molecule has 1 N–H and O–H groups in total. The fourth-order valence-electron chi connectivity index (χ4n) is 1.37. The first-order chi connectivity index (χ1) is 7.65. The van der Waals surface area contributed by atoms with Crippen molar-refractivity contribution >= 4 is 0 Å². The van der Waals surface area contributed by atoms with Crippen molar-refractivity contribution < 1.29 is 9.13 Å². The van der Waals surface area contributed by atoms with Crippen molar-refractivity contribution in [3.8, 4) is 5.75 Å². The molecule has 0 radical (unpaired) electrons. The molecule has 0 saturated heterocycles. The highest BCUT2D eigenvalue weighted by atomic mass is 19.1. The number of benzene rings is 1. The predicted molar refractivity (Wildman–Crippen MR) is 64.1 cm³/mol. The van der Waals surface area contributed by atoms with E-state index < -0.39 is 0 Å². The molecule has 16 heavy (non-hydrogen) atoms. The van der Waals surface area contributed by atoms with E-state index in [2.05, 4.69) is 11.9 Å². The zero-order chi connectivity index (χ0) is 12.0. The van der Waals surface area contributed by atoms with Crippen LogP contribution in [0, 0.1) is 5.82 Å². The van der Waals surface area contributed by atoms with Crippen molar-refractivity contribution in [3.05, 3.63) is 41.7 Å². The van der Waals surface area contributed by atoms with Crippen molar-refractivity contribution in [3.63, 3.8) is 0 Å². The lowest BCUT2D eigenvalue weighted by Crippen LogP contribution is -2.09. The Balaban J connectivity index is 2.71. The summed E-state index contributed by atoms with van der Waals surface area (Å²) in [7, 11) is 1.82. The summed E-state index contributed by atoms with van der Waals surface area (Å²) < 4.78 is 19.0. The smallest absolute Gasteiger partial charge is 0.165 e. The fourth-order valence-corrected chi connectivity index (χ4v) is 1.37. The molecule has 0 saturated carbocycles. The van der Waals surface area contributed by atoms with Crippen LogP contribution in [0.15, 0.2) is 30.4 Å². The Morgan fingerprint density at radius 3 is 2.88 bits per heavy atom. The first kappa shape index (κ1) is 12.7. The van der Waals surface area contributed by atoms with Crippen molar-refractivity contribution in [1.29, 1.82) is 0 Å². The van der Waals surface area contributed by atoms with E-state index in [1.54, 1.807) is 6.07 Å². The standard InChI is InChI=1S/C13H18FNO/c1-10(2)7-8-16-13-11(9-15-3)5-4-6-12(13)14/h4-6,15H,1,7-9H2,2-3H3. The van der Waals surface area contributed by atoms with Gasteiger partial charge in [0, 0.05) is 18.5 Å².